The number of benzene rings is 4. The summed E-state index contributed by atoms with van der Waals surface area (Å²) in [7, 11) is 1.70. The molecule has 4 aromatic carbocycles. The van der Waals surface area contributed by atoms with Gasteiger partial charge in [-0.2, -0.15) is 0 Å². The molecule has 4 nitrogen and oxygen atoms in total. The highest BCUT2D eigenvalue weighted by Crippen LogP contribution is 2.36. The highest BCUT2D eigenvalue weighted by atomic mass is 16.5. The van der Waals surface area contributed by atoms with Crippen molar-refractivity contribution in [2.24, 2.45) is 0 Å². The Bertz CT molecular complexity index is 1430. The first-order valence-electron chi connectivity index (χ1n) is 10.8. The Morgan fingerprint density at radius 1 is 0.812 bits per heavy atom. The molecule has 0 amide bonds. The van der Waals surface area contributed by atoms with Crippen LogP contribution in [0.3, 0.4) is 0 Å². The topological polar surface area (TPSA) is 55.5 Å². The first-order valence-corrected chi connectivity index (χ1v) is 10.8. The Hall–Kier alpha value is -3.15. The van der Waals surface area contributed by atoms with Gasteiger partial charge in [0.1, 0.15) is 5.52 Å². The molecule has 0 spiro atoms. The van der Waals surface area contributed by atoms with Crippen LogP contribution in [0.25, 0.3) is 44.1 Å². The van der Waals surface area contributed by atoms with Crippen molar-refractivity contribution >= 4 is 45.6 Å². The second kappa shape index (κ2) is 7.47. The number of hydrogen-bond acceptors (Lipinski definition) is 4. The maximum atomic E-state index is 10.4. The van der Waals surface area contributed by atoms with E-state index in [1.807, 2.05) is 62.4 Å². The summed E-state index contributed by atoms with van der Waals surface area (Å²) in [6, 6.07) is 24.4. The third kappa shape index (κ3) is 3.48. The molecule has 0 aliphatic carbocycles. The van der Waals surface area contributed by atoms with Crippen molar-refractivity contribution in [1.82, 2.24) is 4.98 Å². The van der Waals surface area contributed by atoms with E-state index in [0.717, 1.165) is 43.7 Å². The Kier molecular flexibility index (Phi) is 4.84. The van der Waals surface area contributed by atoms with Gasteiger partial charge in [-0.15, -0.1) is 0 Å². The molecule has 5 aromatic rings. The van der Waals surface area contributed by atoms with E-state index >= 15 is 0 Å². The minimum absolute atomic E-state index is 0.604. The fraction of sp³-hybridized carbons (Fsp3) is 0.222. The van der Waals surface area contributed by atoms with Crippen molar-refractivity contribution in [1.29, 1.82) is 0 Å². The van der Waals surface area contributed by atoms with Gasteiger partial charge in [0.2, 0.25) is 5.89 Å². The summed E-state index contributed by atoms with van der Waals surface area (Å²) >= 11 is 0. The van der Waals surface area contributed by atoms with Crippen molar-refractivity contribution in [2.45, 2.75) is 38.9 Å². The lowest BCUT2D eigenvalue weighted by Crippen LogP contribution is -2.49. The molecule has 0 aliphatic heterocycles. The molecular formula is C27H25BNO3. The number of aromatic nitrogens is 1. The molecule has 1 heterocycles. The van der Waals surface area contributed by atoms with Gasteiger partial charge >= 0.3 is 7.48 Å². The van der Waals surface area contributed by atoms with Crippen LogP contribution in [0.5, 0.6) is 0 Å². The highest BCUT2D eigenvalue weighted by molar-refractivity contribution is 6.48. The first-order chi connectivity index (χ1) is 15.2. The summed E-state index contributed by atoms with van der Waals surface area (Å²) in [5.74, 6) is 0.604. The molecule has 32 heavy (non-hydrogen) atoms. The van der Waals surface area contributed by atoms with Gasteiger partial charge < -0.3 is 14.2 Å². The normalized spacial score (nSPS) is 12.7. The smallest absolute Gasteiger partial charge is 0.330 e. The third-order valence-corrected chi connectivity index (χ3v) is 6.37. The molecule has 0 unspecified atom stereocenters. The summed E-state index contributed by atoms with van der Waals surface area (Å²) in [6.07, 6.45) is 0. The van der Waals surface area contributed by atoms with Crippen LogP contribution in [0, 0.1) is 0 Å². The van der Waals surface area contributed by atoms with E-state index in [-0.39, 0.29) is 0 Å². The molecule has 159 valence electrons. The zero-order valence-corrected chi connectivity index (χ0v) is 18.7. The van der Waals surface area contributed by atoms with Gasteiger partial charge in [0.15, 0.2) is 5.58 Å². The number of hydrogen-bond donors (Lipinski definition) is 1. The van der Waals surface area contributed by atoms with Crippen molar-refractivity contribution < 1.29 is 14.2 Å². The van der Waals surface area contributed by atoms with E-state index in [1.54, 1.807) is 21.3 Å². The molecule has 1 N–H and O–H groups in total. The lowest BCUT2D eigenvalue weighted by Gasteiger charge is -2.37. The van der Waals surface area contributed by atoms with E-state index in [1.165, 1.54) is 0 Å². The van der Waals surface area contributed by atoms with E-state index in [0.29, 0.717) is 5.89 Å². The van der Waals surface area contributed by atoms with Gasteiger partial charge in [0.25, 0.3) is 0 Å². The predicted molar refractivity (Wildman–Crippen MR) is 131 cm³/mol. The monoisotopic (exact) mass is 422 g/mol. The number of oxazole rings is 1. The van der Waals surface area contributed by atoms with Gasteiger partial charge in [0.05, 0.1) is 11.2 Å². The van der Waals surface area contributed by atoms with Crippen LogP contribution in [0.15, 0.2) is 77.2 Å². The molecule has 0 aliphatic rings. The highest BCUT2D eigenvalue weighted by Gasteiger charge is 2.35. The first kappa shape index (κ1) is 20.7. The Balaban J connectivity index is 1.68. The number of nitrogens with zero attached hydrogens (tertiary/aromatic N) is 1. The second-order valence-corrected chi connectivity index (χ2v) is 9.22. The molecule has 1 radical (unpaired) electrons. The van der Waals surface area contributed by atoms with Crippen molar-refractivity contribution in [3.05, 3.63) is 72.8 Å². The molecule has 5 heteroatoms. The van der Waals surface area contributed by atoms with Crippen LogP contribution >= 0.6 is 0 Å². The van der Waals surface area contributed by atoms with Crippen molar-refractivity contribution in [3.63, 3.8) is 0 Å². The SMILES string of the molecule is CC(C)(O)C(C)(C)O[B]c1ccc2c3ccccc3c3oc(-c4ccccc4)nc3c2c1. The van der Waals surface area contributed by atoms with Crippen LogP contribution in [0.1, 0.15) is 27.7 Å². The predicted octanol–water partition coefficient (Wildman–Crippen LogP) is 5.61. The maximum absolute atomic E-state index is 10.4. The standard InChI is InChI=1S/C27H25BNO3/c1-26(2,30)27(3,4)32-28-18-14-15-20-19-12-8-9-13-21(19)24-23(22(20)16-18)29-25(31-24)17-10-6-5-7-11-17/h5-16,30H,1-4H3. The molecular weight excluding hydrogens is 397 g/mol. The molecule has 0 atom stereocenters. The van der Waals surface area contributed by atoms with E-state index in [2.05, 4.69) is 24.3 Å². The minimum Gasteiger partial charge on any atom is -0.435 e. The fourth-order valence-electron chi connectivity index (χ4n) is 3.73. The average Bonchev–Trinajstić information content (AvgIpc) is 3.24. The van der Waals surface area contributed by atoms with Crippen LogP contribution in [-0.2, 0) is 4.65 Å². The number of fused-ring (bicyclic) bond motifs is 6. The van der Waals surface area contributed by atoms with Gasteiger partial charge in [-0.25, -0.2) is 4.98 Å². The third-order valence-electron chi connectivity index (χ3n) is 6.37. The Morgan fingerprint density at radius 2 is 1.47 bits per heavy atom. The zero-order valence-electron chi connectivity index (χ0n) is 18.7. The largest absolute Gasteiger partial charge is 0.435 e. The van der Waals surface area contributed by atoms with Crippen LogP contribution in [0.4, 0.5) is 0 Å². The van der Waals surface area contributed by atoms with Crippen LogP contribution < -0.4 is 5.46 Å². The molecule has 0 saturated heterocycles. The van der Waals surface area contributed by atoms with Gasteiger partial charge in [-0.3, -0.25) is 0 Å². The molecule has 0 bridgehead atoms. The van der Waals surface area contributed by atoms with Crippen molar-refractivity contribution in [2.75, 3.05) is 0 Å². The zero-order chi connectivity index (χ0) is 22.5. The lowest BCUT2D eigenvalue weighted by atomic mass is 9.81. The molecule has 5 rings (SSSR count). The Morgan fingerprint density at radius 3 is 2.19 bits per heavy atom. The number of aliphatic hydroxyl groups is 1. The van der Waals surface area contributed by atoms with Crippen LogP contribution in [-0.4, -0.2) is 28.8 Å². The maximum Gasteiger partial charge on any atom is 0.330 e. The molecule has 0 saturated carbocycles. The summed E-state index contributed by atoms with van der Waals surface area (Å²) < 4.78 is 12.3. The fourth-order valence-corrected chi connectivity index (χ4v) is 3.73. The molecule has 0 fully saturated rings. The molecule has 1 aromatic heterocycles. The van der Waals surface area contributed by atoms with Gasteiger partial charge in [-0.1, -0.05) is 66.1 Å². The average molecular weight is 422 g/mol. The van der Waals surface area contributed by atoms with Gasteiger partial charge in [0, 0.05) is 16.3 Å². The lowest BCUT2D eigenvalue weighted by molar-refractivity contribution is -0.0893. The van der Waals surface area contributed by atoms with Crippen LogP contribution in [0.2, 0.25) is 0 Å². The minimum atomic E-state index is -0.986. The Labute approximate surface area is 188 Å². The summed E-state index contributed by atoms with van der Waals surface area (Å²) in [5, 5.41) is 14.7. The summed E-state index contributed by atoms with van der Waals surface area (Å²) in [5.41, 5.74) is 1.72. The summed E-state index contributed by atoms with van der Waals surface area (Å²) in [6.45, 7) is 7.24. The second-order valence-electron chi connectivity index (χ2n) is 9.22. The number of rotatable bonds is 5. The van der Waals surface area contributed by atoms with E-state index < -0.39 is 11.2 Å². The van der Waals surface area contributed by atoms with E-state index in [9.17, 15) is 5.11 Å². The quantitative estimate of drug-likeness (QED) is 0.295. The van der Waals surface area contributed by atoms with Crippen molar-refractivity contribution in [3.8, 4) is 11.5 Å². The van der Waals surface area contributed by atoms with Gasteiger partial charge in [-0.05, 0) is 50.6 Å². The van der Waals surface area contributed by atoms with E-state index in [4.69, 9.17) is 14.1 Å². The summed E-state index contributed by atoms with van der Waals surface area (Å²) in [4.78, 5) is 4.89.